The van der Waals surface area contributed by atoms with Crippen molar-refractivity contribution in [3.63, 3.8) is 0 Å². The second-order valence-electron chi connectivity index (χ2n) is 5.48. The summed E-state index contributed by atoms with van der Waals surface area (Å²) in [5, 5.41) is 9.35. The number of alkyl halides is 3. The van der Waals surface area contributed by atoms with Crippen LogP contribution in [-0.4, -0.2) is 12.1 Å². The summed E-state index contributed by atoms with van der Waals surface area (Å²) in [7, 11) is 1.50. The second kappa shape index (κ2) is 6.89. The van der Waals surface area contributed by atoms with Crippen molar-refractivity contribution in [1.82, 2.24) is 4.98 Å². The number of hydrogen-bond acceptors (Lipinski definition) is 3. The van der Waals surface area contributed by atoms with Crippen molar-refractivity contribution in [3.05, 3.63) is 71.8 Å². The van der Waals surface area contributed by atoms with E-state index in [1.165, 1.54) is 7.11 Å². The normalized spacial score (nSPS) is 11.0. The molecule has 1 heterocycles. The van der Waals surface area contributed by atoms with Gasteiger partial charge in [-0.3, -0.25) is 0 Å². The van der Waals surface area contributed by atoms with E-state index in [0.29, 0.717) is 16.9 Å². The van der Waals surface area contributed by atoms with Gasteiger partial charge in [0, 0.05) is 11.1 Å². The highest BCUT2D eigenvalue weighted by Crippen LogP contribution is 2.38. The third kappa shape index (κ3) is 3.38. The molecule has 2 aromatic carbocycles. The number of nitriles is 1. The van der Waals surface area contributed by atoms with E-state index in [1.807, 2.05) is 0 Å². The predicted octanol–water partition coefficient (Wildman–Crippen LogP) is 5.31. The molecule has 0 saturated carbocycles. The molecule has 0 aliphatic heterocycles. The van der Waals surface area contributed by atoms with Crippen molar-refractivity contribution in [3.8, 4) is 34.3 Å². The lowest BCUT2D eigenvalue weighted by Crippen LogP contribution is -2.10. The van der Waals surface area contributed by atoms with Crippen molar-refractivity contribution in [2.45, 2.75) is 6.18 Å². The molecule has 3 nitrogen and oxygen atoms in total. The average molecular weight is 354 g/mol. The zero-order valence-corrected chi connectivity index (χ0v) is 13.7. The number of benzene rings is 2. The van der Waals surface area contributed by atoms with Crippen molar-refractivity contribution in [1.29, 1.82) is 5.26 Å². The number of halogens is 3. The molecule has 0 saturated heterocycles. The summed E-state index contributed by atoms with van der Waals surface area (Å²) in [5.41, 5.74) is -0.393. The zero-order chi connectivity index (χ0) is 18.7. The van der Waals surface area contributed by atoms with Gasteiger partial charge in [-0.05, 0) is 30.3 Å². The molecular formula is C20H13F3N2O. The highest BCUT2D eigenvalue weighted by Gasteiger charge is 2.36. The topological polar surface area (TPSA) is 45.9 Å². The quantitative estimate of drug-likeness (QED) is 0.640. The maximum Gasteiger partial charge on any atom is 0.417 e. The van der Waals surface area contributed by atoms with E-state index in [2.05, 4.69) is 4.98 Å². The van der Waals surface area contributed by atoms with Crippen molar-refractivity contribution in [2.75, 3.05) is 7.11 Å². The monoisotopic (exact) mass is 354 g/mol. The van der Waals surface area contributed by atoms with Crippen LogP contribution in [0.5, 0.6) is 5.75 Å². The Bertz CT molecular complexity index is 959. The minimum atomic E-state index is -4.67. The molecule has 0 bridgehead atoms. The summed E-state index contributed by atoms with van der Waals surface area (Å²) < 4.78 is 45.7. The van der Waals surface area contributed by atoms with E-state index >= 15 is 0 Å². The minimum Gasteiger partial charge on any atom is -0.497 e. The van der Waals surface area contributed by atoms with Crippen LogP contribution in [0, 0.1) is 11.3 Å². The Morgan fingerprint density at radius 1 is 0.962 bits per heavy atom. The van der Waals surface area contributed by atoms with Crippen LogP contribution in [0.25, 0.3) is 22.5 Å². The van der Waals surface area contributed by atoms with E-state index in [1.54, 1.807) is 60.7 Å². The van der Waals surface area contributed by atoms with E-state index in [0.717, 1.165) is 6.07 Å². The largest absolute Gasteiger partial charge is 0.497 e. The molecule has 6 heteroatoms. The first-order chi connectivity index (χ1) is 12.4. The van der Waals surface area contributed by atoms with Gasteiger partial charge >= 0.3 is 6.18 Å². The van der Waals surface area contributed by atoms with Gasteiger partial charge in [0.1, 0.15) is 11.8 Å². The van der Waals surface area contributed by atoms with Crippen LogP contribution in [0.15, 0.2) is 60.7 Å². The number of ether oxygens (including phenoxy) is 1. The maximum atomic E-state index is 13.5. The Morgan fingerprint density at radius 3 is 2.15 bits per heavy atom. The number of aromatic nitrogens is 1. The van der Waals surface area contributed by atoms with Crippen molar-refractivity contribution < 1.29 is 17.9 Å². The first-order valence-electron chi connectivity index (χ1n) is 7.66. The van der Waals surface area contributed by atoms with Crippen LogP contribution in [-0.2, 0) is 6.18 Å². The lowest BCUT2D eigenvalue weighted by Gasteiger charge is -2.15. The number of pyridine rings is 1. The Morgan fingerprint density at radius 2 is 1.62 bits per heavy atom. The van der Waals surface area contributed by atoms with E-state index < -0.39 is 17.3 Å². The fourth-order valence-electron chi connectivity index (χ4n) is 2.60. The number of methoxy groups -OCH3 is 1. The molecule has 0 N–H and O–H groups in total. The smallest absolute Gasteiger partial charge is 0.417 e. The SMILES string of the molecule is COc1ccc(-c2cc(C(F)(F)F)c(C#N)c(-c3ccccc3)n2)cc1. The summed E-state index contributed by atoms with van der Waals surface area (Å²) in [6, 6.07) is 17.5. The fourth-order valence-corrected chi connectivity index (χ4v) is 2.60. The minimum absolute atomic E-state index is 0.00810. The number of hydrogen-bond donors (Lipinski definition) is 0. The number of rotatable bonds is 3. The Labute approximate surface area is 148 Å². The third-order valence-corrected chi connectivity index (χ3v) is 3.87. The highest BCUT2D eigenvalue weighted by atomic mass is 19.4. The summed E-state index contributed by atoms with van der Waals surface area (Å²) >= 11 is 0. The standard InChI is InChI=1S/C20H13F3N2O/c1-26-15-9-7-13(8-10-15)18-11-17(20(21,22)23)16(12-24)19(25-18)14-5-3-2-4-6-14/h2-11H,1H3. The van der Waals surface area contributed by atoms with Crippen LogP contribution < -0.4 is 4.74 Å². The fraction of sp³-hybridized carbons (Fsp3) is 0.100. The Balaban J connectivity index is 2.28. The maximum absolute atomic E-state index is 13.5. The average Bonchev–Trinajstić information content (AvgIpc) is 2.67. The van der Waals surface area contributed by atoms with Crippen molar-refractivity contribution in [2.24, 2.45) is 0 Å². The zero-order valence-electron chi connectivity index (χ0n) is 13.7. The van der Waals surface area contributed by atoms with Gasteiger partial charge in [0.2, 0.25) is 0 Å². The molecule has 0 unspecified atom stereocenters. The van der Waals surface area contributed by atoms with Gasteiger partial charge in [-0.25, -0.2) is 4.98 Å². The molecule has 0 aliphatic rings. The molecule has 0 fully saturated rings. The summed E-state index contributed by atoms with van der Waals surface area (Å²) in [6.45, 7) is 0. The van der Waals surface area contributed by atoms with Crippen molar-refractivity contribution >= 4 is 0 Å². The van der Waals surface area contributed by atoms with Crippen LogP contribution in [0.4, 0.5) is 13.2 Å². The van der Waals surface area contributed by atoms with E-state index in [-0.39, 0.29) is 11.4 Å². The molecular weight excluding hydrogens is 341 g/mol. The van der Waals surface area contributed by atoms with Gasteiger partial charge in [-0.15, -0.1) is 0 Å². The van der Waals surface area contributed by atoms with Gasteiger partial charge in [0.15, 0.2) is 0 Å². The summed E-state index contributed by atoms with van der Waals surface area (Å²) in [6.07, 6.45) is -4.67. The highest BCUT2D eigenvalue weighted by molar-refractivity contribution is 5.74. The van der Waals surface area contributed by atoms with Gasteiger partial charge in [-0.2, -0.15) is 18.4 Å². The van der Waals surface area contributed by atoms with Gasteiger partial charge < -0.3 is 4.74 Å². The van der Waals surface area contributed by atoms with Crippen LogP contribution >= 0.6 is 0 Å². The molecule has 0 radical (unpaired) electrons. The lowest BCUT2D eigenvalue weighted by atomic mass is 9.98. The molecule has 26 heavy (non-hydrogen) atoms. The number of nitrogens with zero attached hydrogens (tertiary/aromatic N) is 2. The summed E-state index contributed by atoms with van der Waals surface area (Å²) in [4.78, 5) is 4.35. The van der Waals surface area contributed by atoms with E-state index in [9.17, 15) is 18.4 Å². The second-order valence-corrected chi connectivity index (χ2v) is 5.48. The van der Waals surface area contributed by atoms with Gasteiger partial charge in [0.05, 0.1) is 29.6 Å². The molecule has 0 atom stereocenters. The Hall–Kier alpha value is -3.33. The first kappa shape index (κ1) is 17.5. The first-order valence-corrected chi connectivity index (χ1v) is 7.66. The van der Waals surface area contributed by atoms with Crippen LogP contribution in [0.1, 0.15) is 11.1 Å². The van der Waals surface area contributed by atoms with Crippen LogP contribution in [0.3, 0.4) is 0 Å². The molecule has 0 aliphatic carbocycles. The van der Waals surface area contributed by atoms with Crippen LogP contribution in [0.2, 0.25) is 0 Å². The molecule has 3 rings (SSSR count). The molecule has 130 valence electrons. The predicted molar refractivity (Wildman–Crippen MR) is 91.4 cm³/mol. The van der Waals surface area contributed by atoms with Gasteiger partial charge in [-0.1, -0.05) is 30.3 Å². The third-order valence-electron chi connectivity index (χ3n) is 3.87. The molecule has 0 amide bonds. The Kier molecular flexibility index (Phi) is 4.63. The van der Waals surface area contributed by atoms with Gasteiger partial charge in [0.25, 0.3) is 0 Å². The lowest BCUT2D eigenvalue weighted by molar-refractivity contribution is -0.137. The summed E-state index contributed by atoms with van der Waals surface area (Å²) in [5.74, 6) is 0.585. The van der Waals surface area contributed by atoms with E-state index in [4.69, 9.17) is 4.74 Å². The molecule has 1 aromatic heterocycles. The molecule has 3 aromatic rings. The molecule has 0 spiro atoms.